The van der Waals surface area contributed by atoms with Crippen LogP contribution in [-0.4, -0.2) is 55.5 Å². The lowest BCUT2D eigenvalue weighted by Gasteiger charge is -2.34. The van der Waals surface area contributed by atoms with Gasteiger partial charge in [-0.15, -0.1) is 0 Å². The summed E-state index contributed by atoms with van der Waals surface area (Å²) in [6, 6.07) is 11.8. The predicted octanol–water partition coefficient (Wildman–Crippen LogP) is 3.79. The van der Waals surface area contributed by atoms with Crippen LogP contribution in [0.15, 0.2) is 48.8 Å². The van der Waals surface area contributed by atoms with Crippen LogP contribution in [0.1, 0.15) is 24.9 Å². The molecule has 1 aliphatic heterocycles. The van der Waals surface area contributed by atoms with Gasteiger partial charge in [-0.1, -0.05) is 12.1 Å². The fourth-order valence-electron chi connectivity index (χ4n) is 3.92. The van der Waals surface area contributed by atoms with Crippen LogP contribution in [0.4, 0.5) is 0 Å². The summed E-state index contributed by atoms with van der Waals surface area (Å²) >= 11 is 0. The number of hydrogen-bond donors (Lipinski definition) is 2. The quantitative estimate of drug-likeness (QED) is 0.446. The van der Waals surface area contributed by atoms with Crippen LogP contribution in [0.2, 0.25) is 0 Å². The molecule has 1 saturated heterocycles. The fourth-order valence-corrected chi connectivity index (χ4v) is 3.92. The Hall–Kier alpha value is -3.69. The summed E-state index contributed by atoms with van der Waals surface area (Å²) in [4.78, 5) is 33.2. The maximum Gasteiger partial charge on any atom is 0.314 e. The third-order valence-electron chi connectivity index (χ3n) is 5.95. The zero-order valence-electron chi connectivity index (χ0n) is 19.0. The van der Waals surface area contributed by atoms with E-state index in [0.717, 1.165) is 45.2 Å². The van der Waals surface area contributed by atoms with Gasteiger partial charge in [-0.25, -0.2) is 4.98 Å². The maximum absolute atomic E-state index is 11.4. The number of nitrogens with one attached hydrogen (secondary N) is 1. The first-order valence-corrected chi connectivity index (χ1v) is 11.1. The molecule has 0 saturated carbocycles. The number of ether oxygens (including phenoxy) is 2. The molecular weight excluding hydrogens is 434 g/mol. The Bertz CT molecular complexity index is 1340. The average Bonchev–Trinajstić information content (AvgIpc) is 3.28. The van der Waals surface area contributed by atoms with Gasteiger partial charge in [0.05, 0.1) is 41.3 Å². The Morgan fingerprint density at radius 1 is 1.12 bits per heavy atom. The highest BCUT2D eigenvalue weighted by Crippen LogP contribution is 2.32. The summed E-state index contributed by atoms with van der Waals surface area (Å²) in [5.74, 6) is -0.150. The third kappa shape index (κ3) is 4.40. The van der Waals surface area contributed by atoms with Gasteiger partial charge in [-0.05, 0) is 38.1 Å². The van der Waals surface area contributed by atoms with E-state index < -0.39 is 17.7 Å². The van der Waals surface area contributed by atoms with E-state index >= 15 is 0 Å². The van der Waals surface area contributed by atoms with Crippen molar-refractivity contribution in [3.63, 3.8) is 0 Å². The van der Waals surface area contributed by atoms with Crippen molar-refractivity contribution in [1.29, 1.82) is 0 Å². The Kier molecular flexibility index (Phi) is 5.80. The molecule has 1 aliphatic rings. The molecule has 0 spiro atoms. The molecule has 1 fully saturated rings. The molecule has 9 nitrogen and oxygen atoms in total. The molecule has 0 amide bonds. The minimum absolute atomic E-state index is 0.118. The van der Waals surface area contributed by atoms with Gasteiger partial charge in [-0.2, -0.15) is 0 Å². The molecule has 4 heterocycles. The van der Waals surface area contributed by atoms with E-state index in [2.05, 4.69) is 19.9 Å². The highest BCUT2D eigenvalue weighted by molar-refractivity contribution is 5.84. The summed E-state index contributed by atoms with van der Waals surface area (Å²) in [5, 5.41) is 9.34. The molecule has 34 heavy (non-hydrogen) atoms. The van der Waals surface area contributed by atoms with E-state index in [1.165, 1.54) is 0 Å². The average molecular weight is 460 g/mol. The standard InChI is InChI=1S/C25H25N5O4/c1-15-4-3-5-18(28-15)23-22(16-6-7-17-19(12-16)27-11-10-26-17)29-20(30-23)8-9-21-33-13-25(2,14-34-21)24(31)32/h3-7,10-12,21H,8-9,13-14H2,1-2H3,(H,29,30)(H,31,32). The summed E-state index contributed by atoms with van der Waals surface area (Å²) in [6.45, 7) is 3.81. The largest absolute Gasteiger partial charge is 0.481 e. The summed E-state index contributed by atoms with van der Waals surface area (Å²) in [6.07, 6.45) is 3.99. The van der Waals surface area contributed by atoms with Crippen LogP contribution in [0.3, 0.4) is 0 Å². The number of carboxylic acid groups (broad SMARTS) is 1. The SMILES string of the molecule is Cc1cccc(-c2[nH]c(CCC3OCC(C)(C(=O)O)CO3)nc2-c2ccc3nccnc3c2)n1. The predicted molar refractivity (Wildman–Crippen MR) is 125 cm³/mol. The zero-order chi connectivity index (χ0) is 23.7. The fraction of sp³-hybridized carbons (Fsp3) is 0.320. The number of pyridine rings is 1. The number of rotatable bonds is 6. The van der Waals surface area contributed by atoms with Gasteiger partial charge in [0.25, 0.3) is 0 Å². The molecule has 0 radical (unpaired) electrons. The molecule has 4 aromatic rings. The first kappa shape index (κ1) is 22.1. The molecule has 9 heteroatoms. The van der Waals surface area contributed by atoms with Crippen molar-refractivity contribution in [3.05, 3.63) is 60.3 Å². The lowest BCUT2D eigenvalue weighted by Crippen LogP contribution is -2.45. The Labute approximate surface area is 196 Å². The molecule has 174 valence electrons. The van der Waals surface area contributed by atoms with Crippen molar-refractivity contribution < 1.29 is 19.4 Å². The number of hydrogen-bond acceptors (Lipinski definition) is 7. The highest BCUT2D eigenvalue weighted by Gasteiger charge is 2.39. The van der Waals surface area contributed by atoms with E-state index in [1.807, 2.05) is 43.3 Å². The number of imidazole rings is 1. The van der Waals surface area contributed by atoms with E-state index in [9.17, 15) is 9.90 Å². The Morgan fingerprint density at radius 3 is 2.62 bits per heavy atom. The van der Waals surface area contributed by atoms with Crippen LogP contribution >= 0.6 is 0 Å². The van der Waals surface area contributed by atoms with Gasteiger partial charge in [-0.3, -0.25) is 19.7 Å². The smallest absolute Gasteiger partial charge is 0.314 e. The maximum atomic E-state index is 11.4. The first-order chi connectivity index (χ1) is 16.4. The lowest BCUT2D eigenvalue weighted by atomic mass is 9.92. The second kappa shape index (κ2) is 8.92. The second-order valence-electron chi connectivity index (χ2n) is 8.79. The third-order valence-corrected chi connectivity index (χ3v) is 5.95. The first-order valence-electron chi connectivity index (χ1n) is 11.1. The number of aryl methyl sites for hydroxylation is 2. The molecule has 2 N–H and O–H groups in total. The number of nitrogens with zero attached hydrogens (tertiary/aromatic N) is 4. The number of carboxylic acids is 1. The van der Waals surface area contributed by atoms with Gasteiger partial charge in [0.1, 0.15) is 11.2 Å². The van der Waals surface area contributed by atoms with Crippen LogP contribution in [-0.2, 0) is 20.7 Å². The van der Waals surface area contributed by atoms with Crippen LogP contribution in [0, 0.1) is 12.3 Å². The van der Waals surface area contributed by atoms with Gasteiger partial charge in [0.2, 0.25) is 0 Å². The van der Waals surface area contributed by atoms with Crippen molar-refractivity contribution in [2.75, 3.05) is 13.2 Å². The van der Waals surface area contributed by atoms with Crippen molar-refractivity contribution >= 4 is 17.0 Å². The van der Waals surface area contributed by atoms with Gasteiger partial charge < -0.3 is 19.6 Å². The number of carbonyl (C=O) groups is 1. The van der Waals surface area contributed by atoms with E-state index in [0.29, 0.717) is 12.8 Å². The van der Waals surface area contributed by atoms with Crippen LogP contribution in [0.5, 0.6) is 0 Å². The monoisotopic (exact) mass is 459 g/mol. The zero-order valence-corrected chi connectivity index (χ0v) is 19.0. The number of H-pyrrole nitrogens is 1. The van der Waals surface area contributed by atoms with E-state index in [-0.39, 0.29) is 13.2 Å². The van der Waals surface area contributed by atoms with Crippen molar-refractivity contribution in [3.8, 4) is 22.6 Å². The number of aromatic nitrogens is 5. The van der Waals surface area contributed by atoms with Crippen molar-refractivity contribution in [2.45, 2.75) is 33.0 Å². The second-order valence-corrected chi connectivity index (χ2v) is 8.79. The summed E-state index contributed by atoms with van der Waals surface area (Å²) < 4.78 is 11.3. The molecule has 0 aliphatic carbocycles. The van der Waals surface area contributed by atoms with Crippen molar-refractivity contribution in [1.82, 2.24) is 24.9 Å². The minimum Gasteiger partial charge on any atom is -0.481 e. The summed E-state index contributed by atoms with van der Waals surface area (Å²) in [5.41, 5.74) is 4.82. The van der Waals surface area contributed by atoms with Gasteiger partial charge >= 0.3 is 5.97 Å². The summed E-state index contributed by atoms with van der Waals surface area (Å²) in [7, 11) is 0. The number of benzene rings is 1. The number of aliphatic carboxylic acids is 1. The molecule has 0 bridgehead atoms. The molecule has 0 atom stereocenters. The molecular formula is C25H25N5O4. The Morgan fingerprint density at radius 2 is 1.88 bits per heavy atom. The topological polar surface area (TPSA) is 123 Å². The number of aromatic amines is 1. The number of fused-ring (bicyclic) bond motifs is 1. The molecule has 0 unspecified atom stereocenters. The Balaban J connectivity index is 1.42. The molecule has 3 aromatic heterocycles. The van der Waals surface area contributed by atoms with E-state index in [4.69, 9.17) is 14.5 Å². The van der Waals surface area contributed by atoms with Crippen LogP contribution in [0.25, 0.3) is 33.7 Å². The van der Waals surface area contributed by atoms with Crippen LogP contribution < -0.4 is 0 Å². The highest BCUT2D eigenvalue weighted by atomic mass is 16.7. The molecule has 5 rings (SSSR count). The van der Waals surface area contributed by atoms with Crippen molar-refractivity contribution in [2.24, 2.45) is 5.41 Å². The van der Waals surface area contributed by atoms with E-state index in [1.54, 1.807) is 19.3 Å². The molecule has 1 aromatic carbocycles. The van der Waals surface area contributed by atoms with Gasteiger partial charge in [0, 0.05) is 36.5 Å². The van der Waals surface area contributed by atoms with Gasteiger partial charge in [0.15, 0.2) is 6.29 Å². The normalized spacial score (nSPS) is 20.5. The lowest BCUT2D eigenvalue weighted by molar-refractivity contribution is -0.231. The minimum atomic E-state index is -1.02.